The van der Waals surface area contributed by atoms with E-state index in [2.05, 4.69) is 0 Å². The second-order valence-electron chi connectivity index (χ2n) is 4.50. The normalized spacial score (nSPS) is 10.9. The van der Waals surface area contributed by atoms with E-state index in [9.17, 15) is 0 Å². The minimum atomic E-state index is 0.447. The number of halogens is 1. The fourth-order valence-corrected chi connectivity index (χ4v) is 2.26. The van der Waals surface area contributed by atoms with Crippen molar-refractivity contribution in [3.05, 3.63) is 64.9 Å². The van der Waals surface area contributed by atoms with E-state index in [-0.39, 0.29) is 0 Å². The molecule has 0 bridgehead atoms. The van der Waals surface area contributed by atoms with Gasteiger partial charge in [-0.25, -0.2) is 0 Å². The highest BCUT2D eigenvalue weighted by Gasteiger charge is 2.09. The van der Waals surface area contributed by atoms with Crippen molar-refractivity contribution in [2.45, 2.75) is 13.2 Å². The number of hydrogen-bond acceptors (Lipinski definition) is 3. The Bertz CT molecular complexity index is 719. The molecule has 1 aromatic heterocycles. The average molecular weight is 288 g/mol. The number of furan rings is 1. The topological polar surface area (TPSA) is 48.4 Å². The van der Waals surface area contributed by atoms with Gasteiger partial charge in [-0.05, 0) is 24.3 Å². The van der Waals surface area contributed by atoms with Gasteiger partial charge in [0, 0.05) is 28.1 Å². The molecule has 0 unspecified atom stereocenters. The van der Waals surface area contributed by atoms with Gasteiger partial charge in [-0.1, -0.05) is 29.8 Å². The zero-order valence-corrected chi connectivity index (χ0v) is 11.6. The summed E-state index contributed by atoms with van der Waals surface area (Å²) in [6, 6.07) is 13.2. The summed E-state index contributed by atoms with van der Waals surface area (Å²) in [7, 11) is 0. The highest BCUT2D eigenvalue weighted by atomic mass is 35.5. The maximum atomic E-state index is 5.84. The lowest BCUT2D eigenvalue weighted by molar-refractivity contribution is 0.306. The summed E-state index contributed by atoms with van der Waals surface area (Å²) >= 11 is 5.84. The van der Waals surface area contributed by atoms with Gasteiger partial charge >= 0.3 is 0 Å². The van der Waals surface area contributed by atoms with E-state index in [0.717, 1.165) is 27.8 Å². The molecule has 4 heteroatoms. The lowest BCUT2D eigenvalue weighted by Crippen LogP contribution is -1.97. The van der Waals surface area contributed by atoms with Crippen LogP contribution in [0.4, 0.5) is 0 Å². The number of nitrogens with two attached hydrogens (primary N) is 1. The number of fused-ring (bicyclic) bond motifs is 1. The van der Waals surface area contributed by atoms with Gasteiger partial charge in [0.1, 0.15) is 17.9 Å². The fourth-order valence-electron chi connectivity index (χ4n) is 2.13. The Kier molecular flexibility index (Phi) is 3.63. The van der Waals surface area contributed by atoms with Gasteiger partial charge in [0.2, 0.25) is 0 Å². The molecule has 102 valence electrons. The molecule has 0 atom stereocenters. The lowest BCUT2D eigenvalue weighted by Gasteiger charge is -2.05. The van der Waals surface area contributed by atoms with Crippen LogP contribution in [0.1, 0.15) is 11.1 Å². The molecule has 1 heterocycles. The van der Waals surface area contributed by atoms with E-state index in [1.807, 2.05) is 30.3 Å². The van der Waals surface area contributed by atoms with E-state index >= 15 is 0 Å². The van der Waals surface area contributed by atoms with Gasteiger partial charge in [-0.3, -0.25) is 0 Å². The van der Waals surface area contributed by atoms with Crippen molar-refractivity contribution in [3.8, 4) is 5.75 Å². The van der Waals surface area contributed by atoms with Crippen molar-refractivity contribution >= 4 is 22.6 Å². The van der Waals surface area contributed by atoms with Crippen molar-refractivity contribution in [1.82, 2.24) is 0 Å². The first kappa shape index (κ1) is 13.0. The second-order valence-corrected chi connectivity index (χ2v) is 4.94. The summed E-state index contributed by atoms with van der Waals surface area (Å²) in [5, 5.41) is 1.74. The first-order valence-electron chi connectivity index (χ1n) is 6.34. The number of rotatable bonds is 4. The molecule has 0 saturated heterocycles. The fraction of sp³-hybridized carbons (Fsp3) is 0.125. The van der Waals surface area contributed by atoms with E-state index in [1.54, 1.807) is 18.4 Å². The van der Waals surface area contributed by atoms with E-state index in [1.165, 1.54) is 0 Å². The van der Waals surface area contributed by atoms with Gasteiger partial charge < -0.3 is 14.9 Å². The highest BCUT2D eigenvalue weighted by Crippen LogP contribution is 2.26. The molecule has 3 nitrogen and oxygen atoms in total. The van der Waals surface area contributed by atoms with E-state index in [4.69, 9.17) is 26.5 Å². The monoisotopic (exact) mass is 287 g/mol. The minimum absolute atomic E-state index is 0.447. The van der Waals surface area contributed by atoms with Crippen LogP contribution in [0.25, 0.3) is 11.0 Å². The number of benzene rings is 2. The molecule has 0 aliphatic carbocycles. The van der Waals surface area contributed by atoms with E-state index in [0.29, 0.717) is 18.2 Å². The Morgan fingerprint density at radius 1 is 1.05 bits per heavy atom. The zero-order valence-electron chi connectivity index (χ0n) is 10.8. The maximum absolute atomic E-state index is 5.84. The van der Waals surface area contributed by atoms with Gasteiger partial charge in [-0.15, -0.1) is 0 Å². The molecule has 2 aromatic carbocycles. The first-order chi connectivity index (χ1) is 9.78. The predicted octanol–water partition coefficient (Wildman–Crippen LogP) is 4.12. The second kappa shape index (κ2) is 5.57. The van der Waals surface area contributed by atoms with Crippen LogP contribution < -0.4 is 10.5 Å². The minimum Gasteiger partial charge on any atom is -0.489 e. The van der Waals surface area contributed by atoms with Crippen LogP contribution in [0, 0.1) is 0 Å². The first-order valence-corrected chi connectivity index (χ1v) is 6.72. The summed E-state index contributed by atoms with van der Waals surface area (Å²) in [6.45, 7) is 0.908. The maximum Gasteiger partial charge on any atom is 0.138 e. The molecule has 0 aliphatic rings. The van der Waals surface area contributed by atoms with Crippen LogP contribution in [-0.4, -0.2) is 0 Å². The highest BCUT2D eigenvalue weighted by molar-refractivity contribution is 6.30. The largest absolute Gasteiger partial charge is 0.489 e. The molecule has 0 amide bonds. The molecule has 3 rings (SSSR count). The van der Waals surface area contributed by atoms with Crippen LogP contribution in [-0.2, 0) is 13.2 Å². The Hall–Kier alpha value is -1.97. The van der Waals surface area contributed by atoms with E-state index < -0.39 is 0 Å². The lowest BCUT2D eigenvalue weighted by atomic mass is 10.1. The van der Waals surface area contributed by atoms with Crippen LogP contribution in [0.15, 0.2) is 53.1 Å². The van der Waals surface area contributed by atoms with Crippen LogP contribution in [0.3, 0.4) is 0 Å². The average Bonchev–Trinajstić information content (AvgIpc) is 2.90. The van der Waals surface area contributed by atoms with Gasteiger partial charge in [0.15, 0.2) is 0 Å². The molecule has 3 aromatic rings. The van der Waals surface area contributed by atoms with Crippen LogP contribution in [0.2, 0.25) is 5.02 Å². The Morgan fingerprint density at radius 3 is 2.60 bits per heavy atom. The molecule has 0 saturated carbocycles. The number of ether oxygens (including phenoxy) is 1. The quantitative estimate of drug-likeness (QED) is 0.785. The number of hydrogen-bond donors (Lipinski definition) is 1. The summed E-state index contributed by atoms with van der Waals surface area (Å²) in [4.78, 5) is 0. The predicted molar refractivity (Wildman–Crippen MR) is 79.9 cm³/mol. The zero-order chi connectivity index (χ0) is 13.9. The summed E-state index contributed by atoms with van der Waals surface area (Å²) in [5.41, 5.74) is 8.54. The Balaban J connectivity index is 1.83. The third kappa shape index (κ3) is 2.50. The van der Waals surface area contributed by atoms with Crippen molar-refractivity contribution in [2.24, 2.45) is 5.73 Å². The molecule has 20 heavy (non-hydrogen) atoms. The Morgan fingerprint density at radius 2 is 1.85 bits per heavy atom. The molecular weight excluding hydrogens is 274 g/mol. The summed E-state index contributed by atoms with van der Waals surface area (Å²) < 4.78 is 11.3. The Labute approximate surface area is 121 Å². The van der Waals surface area contributed by atoms with Crippen LogP contribution in [0.5, 0.6) is 5.75 Å². The third-order valence-electron chi connectivity index (χ3n) is 3.19. The van der Waals surface area contributed by atoms with Gasteiger partial charge in [0.05, 0.1) is 6.26 Å². The molecule has 2 N–H and O–H groups in total. The van der Waals surface area contributed by atoms with Crippen LogP contribution >= 0.6 is 11.6 Å². The molecular formula is C16H14ClNO2. The van der Waals surface area contributed by atoms with Crippen molar-refractivity contribution in [2.75, 3.05) is 0 Å². The third-order valence-corrected chi connectivity index (χ3v) is 3.44. The smallest absolute Gasteiger partial charge is 0.138 e. The summed E-state index contributed by atoms with van der Waals surface area (Å²) in [5.74, 6) is 0.777. The SMILES string of the molecule is NCc1cccc2c(COc3ccc(Cl)cc3)coc12. The standard InChI is InChI=1S/C16H14ClNO2/c17-13-4-6-14(7-5-13)19-9-12-10-20-16-11(8-18)2-1-3-15(12)16/h1-7,10H,8-9,18H2. The van der Waals surface area contributed by atoms with Crippen molar-refractivity contribution < 1.29 is 9.15 Å². The summed E-state index contributed by atoms with van der Waals surface area (Å²) in [6.07, 6.45) is 1.72. The van der Waals surface area contributed by atoms with Crippen molar-refractivity contribution in [3.63, 3.8) is 0 Å². The molecule has 0 spiro atoms. The molecule has 0 aliphatic heterocycles. The molecule has 0 fully saturated rings. The number of para-hydroxylation sites is 1. The van der Waals surface area contributed by atoms with Gasteiger partial charge in [0.25, 0.3) is 0 Å². The molecule has 0 radical (unpaired) electrons. The van der Waals surface area contributed by atoms with Crippen molar-refractivity contribution in [1.29, 1.82) is 0 Å². The van der Waals surface area contributed by atoms with Gasteiger partial charge in [-0.2, -0.15) is 0 Å².